The van der Waals surface area contributed by atoms with E-state index in [0.29, 0.717) is 18.2 Å². The molecule has 8 rings (SSSR count). The Labute approximate surface area is 213 Å². The fraction of sp³-hybridized carbons (Fsp3) is 0.312. The topological polar surface area (TPSA) is 13.0 Å². The van der Waals surface area contributed by atoms with Gasteiger partial charge in [0.1, 0.15) is 12.3 Å². The van der Waals surface area contributed by atoms with Gasteiger partial charge in [-0.3, -0.25) is 0 Å². The molecule has 0 saturated heterocycles. The Kier molecular flexibility index (Phi) is 3.85. The second kappa shape index (κ2) is 6.76. The van der Waals surface area contributed by atoms with Gasteiger partial charge in [0.25, 0.3) is 0 Å². The lowest BCUT2D eigenvalue weighted by Gasteiger charge is -2.48. The van der Waals surface area contributed by atoms with Gasteiger partial charge < -0.3 is 19.6 Å². The number of hydrogen-bond donors (Lipinski definition) is 0. The third kappa shape index (κ3) is 2.40. The van der Waals surface area contributed by atoms with Gasteiger partial charge >= 0.3 is 0 Å². The fourth-order valence-electron chi connectivity index (χ4n) is 7.57. The fourth-order valence-corrected chi connectivity index (χ4v) is 7.57. The van der Waals surface area contributed by atoms with Crippen molar-refractivity contribution >= 4 is 44.9 Å². The third-order valence-corrected chi connectivity index (χ3v) is 9.41. The van der Waals surface area contributed by atoms with Crippen LogP contribution in [0.15, 0.2) is 60.7 Å². The lowest BCUT2D eigenvalue weighted by Crippen LogP contribution is -2.49. The van der Waals surface area contributed by atoms with Crippen LogP contribution in [0, 0.1) is 20.8 Å². The monoisotopic (exact) mass is 472 g/mol. The number of fused-ring (bicyclic) bond motifs is 10. The zero-order valence-electron chi connectivity index (χ0n) is 21.7. The van der Waals surface area contributed by atoms with Crippen LogP contribution in [-0.2, 0) is 0 Å². The number of rotatable bonds is 0. The molecule has 0 radical (unpaired) electrons. The van der Waals surface area contributed by atoms with Crippen molar-refractivity contribution in [1.82, 2.24) is 0 Å². The molecule has 4 aromatic rings. The summed E-state index contributed by atoms with van der Waals surface area (Å²) in [7, 11) is 4.59. The molecular formula is C32H32N4. The van der Waals surface area contributed by atoms with Gasteiger partial charge in [-0.15, -0.1) is 0 Å². The first-order chi connectivity index (χ1) is 17.4. The summed E-state index contributed by atoms with van der Waals surface area (Å²) in [5.41, 5.74) is 13.9. The summed E-state index contributed by atoms with van der Waals surface area (Å²) in [6, 6.07) is 23.2. The summed E-state index contributed by atoms with van der Waals surface area (Å²) in [6.07, 6.45) is 3.02. The van der Waals surface area contributed by atoms with E-state index in [1.54, 1.807) is 5.56 Å². The van der Waals surface area contributed by atoms with Gasteiger partial charge in [-0.2, -0.15) is 0 Å². The summed E-state index contributed by atoms with van der Waals surface area (Å²) in [6.45, 7) is 6.74. The molecule has 180 valence electrons. The maximum atomic E-state index is 2.64. The highest BCUT2D eigenvalue weighted by atomic mass is 15.4. The molecule has 4 heterocycles. The van der Waals surface area contributed by atoms with Gasteiger partial charge in [0.05, 0.1) is 22.7 Å². The van der Waals surface area contributed by atoms with Gasteiger partial charge in [0.2, 0.25) is 0 Å². The normalized spacial score (nSPS) is 23.0. The third-order valence-electron chi connectivity index (χ3n) is 9.41. The van der Waals surface area contributed by atoms with Crippen LogP contribution >= 0.6 is 0 Å². The number of aryl methyl sites for hydroxylation is 3. The van der Waals surface area contributed by atoms with E-state index in [2.05, 4.69) is 115 Å². The maximum Gasteiger partial charge on any atom is 0.107 e. The highest BCUT2D eigenvalue weighted by Crippen LogP contribution is 2.61. The average Bonchev–Trinajstić information content (AvgIpc) is 3.31. The van der Waals surface area contributed by atoms with Crippen molar-refractivity contribution in [3.05, 3.63) is 82.9 Å². The van der Waals surface area contributed by atoms with Crippen LogP contribution in [0.3, 0.4) is 0 Å². The lowest BCUT2D eigenvalue weighted by molar-refractivity contribution is 0.427. The van der Waals surface area contributed by atoms with Gasteiger partial charge in [-0.05, 0) is 91.9 Å². The Morgan fingerprint density at radius 3 is 2.03 bits per heavy atom. The van der Waals surface area contributed by atoms with Gasteiger partial charge in [-0.1, -0.05) is 30.3 Å². The molecule has 4 aliphatic rings. The van der Waals surface area contributed by atoms with Crippen LogP contribution in [0.25, 0.3) is 10.8 Å². The minimum atomic E-state index is 0.350. The SMILES string of the molecule is Cc1cc2c3c(c1)N1c4ccc5ccccc5c4N(C)C1CC3CC1N(C)c3cc(C)c(C)cc3N21. The van der Waals surface area contributed by atoms with Crippen LogP contribution in [0.5, 0.6) is 0 Å². The molecular weight excluding hydrogens is 440 g/mol. The molecule has 0 bridgehead atoms. The van der Waals surface area contributed by atoms with Gasteiger partial charge in [-0.25, -0.2) is 0 Å². The van der Waals surface area contributed by atoms with Crippen molar-refractivity contribution in [3.8, 4) is 0 Å². The van der Waals surface area contributed by atoms with E-state index in [0.717, 1.165) is 12.8 Å². The molecule has 0 amide bonds. The summed E-state index contributed by atoms with van der Waals surface area (Å²) < 4.78 is 0. The van der Waals surface area contributed by atoms with E-state index < -0.39 is 0 Å². The van der Waals surface area contributed by atoms with E-state index >= 15 is 0 Å². The first-order valence-corrected chi connectivity index (χ1v) is 13.2. The quantitative estimate of drug-likeness (QED) is 0.263. The van der Waals surface area contributed by atoms with Crippen molar-refractivity contribution in [1.29, 1.82) is 0 Å². The molecule has 36 heavy (non-hydrogen) atoms. The highest BCUT2D eigenvalue weighted by Gasteiger charge is 2.49. The summed E-state index contributed by atoms with van der Waals surface area (Å²) >= 11 is 0. The Bertz CT molecular complexity index is 1600. The molecule has 4 aromatic carbocycles. The Morgan fingerprint density at radius 1 is 0.639 bits per heavy atom. The van der Waals surface area contributed by atoms with Crippen molar-refractivity contribution in [2.24, 2.45) is 0 Å². The number of anilines is 6. The maximum absolute atomic E-state index is 2.64. The van der Waals surface area contributed by atoms with Crippen molar-refractivity contribution < 1.29 is 0 Å². The zero-order valence-corrected chi connectivity index (χ0v) is 21.7. The Hall–Kier alpha value is -3.66. The number of nitrogens with zero attached hydrogens (tertiary/aromatic N) is 4. The zero-order chi connectivity index (χ0) is 24.5. The summed E-state index contributed by atoms with van der Waals surface area (Å²) in [4.78, 5) is 10.4. The van der Waals surface area contributed by atoms with E-state index in [1.807, 2.05) is 0 Å². The minimum Gasteiger partial charge on any atom is -0.352 e. The van der Waals surface area contributed by atoms with Gasteiger partial charge in [0, 0.05) is 36.4 Å². The second-order valence-corrected chi connectivity index (χ2v) is 11.4. The van der Waals surface area contributed by atoms with Crippen LogP contribution in [-0.4, -0.2) is 26.4 Å². The molecule has 4 nitrogen and oxygen atoms in total. The highest BCUT2D eigenvalue weighted by molar-refractivity contribution is 6.05. The number of benzene rings is 4. The van der Waals surface area contributed by atoms with Gasteiger partial charge in [0.15, 0.2) is 0 Å². The van der Waals surface area contributed by atoms with Crippen LogP contribution in [0.2, 0.25) is 0 Å². The Balaban J connectivity index is 1.37. The van der Waals surface area contributed by atoms with E-state index in [-0.39, 0.29) is 0 Å². The van der Waals surface area contributed by atoms with Crippen LogP contribution in [0.4, 0.5) is 34.1 Å². The molecule has 4 heteroatoms. The largest absolute Gasteiger partial charge is 0.352 e. The van der Waals surface area contributed by atoms with Crippen molar-refractivity contribution in [2.45, 2.75) is 51.9 Å². The first kappa shape index (κ1) is 20.5. The predicted molar refractivity (Wildman–Crippen MR) is 152 cm³/mol. The lowest BCUT2D eigenvalue weighted by atomic mass is 9.80. The first-order valence-electron chi connectivity index (χ1n) is 13.2. The van der Waals surface area contributed by atoms with Crippen LogP contribution in [0.1, 0.15) is 41.0 Å². The van der Waals surface area contributed by atoms with Crippen molar-refractivity contribution in [3.63, 3.8) is 0 Å². The predicted octanol–water partition coefficient (Wildman–Crippen LogP) is 7.48. The second-order valence-electron chi connectivity index (χ2n) is 11.4. The van der Waals surface area contributed by atoms with Crippen LogP contribution < -0.4 is 19.6 Å². The molecule has 0 aliphatic carbocycles. The summed E-state index contributed by atoms with van der Waals surface area (Å²) in [5, 5.41) is 2.67. The smallest absolute Gasteiger partial charge is 0.107 e. The molecule has 0 aromatic heterocycles. The van der Waals surface area contributed by atoms with E-state index in [9.17, 15) is 0 Å². The average molecular weight is 473 g/mol. The molecule has 3 atom stereocenters. The molecule has 3 unspecified atom stereocenters. The molecule has 4 aliphatic heterocycles. The van der Waals surface area contributed by atoms with Crippen molar-refractivity contribution in [2.75, 3.05) is 33.7 Å². The summed E-state index contributed by atoms with van der Waals surface area (Å²) in [5.74, 6) is 0.542. The standard InChI is InChI=1S/C32H32N4/c1-18-12-27-31-22(16-29-33(4)25-14-19(2)20(3)15-26(25)36(29)28(31)13-18)17-30-34(5)32-23-9-7-6-8-21(23)10-11-24(32)35(27)30/h6-15,22,29-30H,16-17H2,1-5H3. The molecule has 0 N–H and O–H groups in total. The van der Waals surface area contributed by atoms with E-state index in [4.69, 9.17) is 0 Å². The molecule has 0 fully saturated rings. The number of hydrogen-bond acceptors (Lipinski definition) is 4. The molecule has 0 spiro atoms. The Morgan fingerprint density at radius 2 is 1.28 bits per heavy atom. The minimum absolute atomic E-state index is 0.350. The van der Waals surface area contributed by atoms with E-state index in [1.165, 1.54) is 61.6 Å². The molecule has 0 saturated carbocycles.